The van der Waals surface area contributed by atoms with Crippen molar-refractivity contribution in [1.29, 1.82) is 0 Å². The topological polar surface area (TPSA) is 93.0 Å². The van der Waals surface area contributed by atoms with E-state index in [2.05, 4.69) is 11.9 Å². The van der Waals surface area contributed by atoms with E-state index in [0.717, 1.165) is 32.4 Å². The van der Waals surface area contributed by atoms with Gasteiger partial charge in [-0.25, -0.2) is 4.79 Å². The molecule has 1 amide bonds. The number of ether oxygens (including phenoxy) is 1. The number of amides is 1. The number of hydrogen-bond donors (Lipinski definition) is 0. The van der Waals surface area contributed by atoms with Crippen LogP contribution in [0.1, 0.15) is 31.7 Å². The smallest absolute Gasteiger partial charge is 0.410 e. The Hall–Kier alpha value is -2.13. The van der Waals surface area contributed by atoms with Crippen molar-refractivity contribution >= 4 is 28.7 Å². The van der Waals surface area contributed by atoms with Gasteiger partial charge in [-0.3, -0.25) is 14.9 Å². The van der Waals surface area contributed by atoms with E-state index < -0.39 is 4.92 Å². The minimum absolute atomic E-state index is 0.00560. The zero-order valence-electron chi connectivity index (χ0n) is 16.8. The third-order valence-electron chi connectivity index (χ3n) is 5.69. The fraction of sp³-hybridized carbons (Fsp3) is 0.600. The summed E-state index contributed by atoms with van der Waals surface area (Å²) in [6, 6.07) is 6.08. The van der Waals surface area contributed by atoms with Crippen molar-refractivity contribution in [3.05, 3.63) is 39.9 Å². The number of non-ortho nitro benzene ring substituents is 1. The Kier molecular flexibility index (Phi) is 7.13. The lowest BCUT2D eigenvalue weighted by Crippen LogP contribution is -2.44. The molecule has 0 N–H and O–H groups in total. The molecule has 2 fully saturated rings. The van der Waals surface area contributed by atoms with Gasteiger partial charge in [-0.2, -0.15) is 0 Å². The number of likely N-dealkylation sites (tertiary alicyclic amines) is 2. The molecule has 158 valence electrons. The molecule has 2 saturated heterocycles. The van der Waals surface area contributed by atoms with Crippen LogP contribution in [0.2, 0.25) is 0 Å². The number of thioether (sulfide) groups is 1. The Morgan fingerprint density at radius 2 is 1.90 bits per heavy atom. The second-order valence-electron chi connectivity index (χ2n) is 7.81. The molecule has 0 bridgehead atoms. The lowest BCUT2D eigenvalue weighted by atomic mass is 9.88. The van der Waals surface area contributed by atoms with Gasteiger partial charge in [0.15, 0.2) is 5.12 Å². The highest BCUT2D eigenvalue weighted by Gasteiger charge is 2.41. The second-order valence-corrected chi connectivity index (χ2v) is 9.28. The molecule has 1 aromatic rings. The van der Waals surface area contributed by atoms with Gasteiger partial charge in [-0.15, -0.1) is 0 Å². The number of nitro groups is 1. The Morgan fingerprint density at radius 1 is 1.24 bits per heavy atom. The number of benzene rings is 1. The monoisotopic (exact) mass is 421 g/mol. The molecule has 29 heavy (non-hydrogen) atoms. The summed E-state index contributed by atoms with van der Waals surface area (Å²) in [6.45, 7) is 4.16. The fourth-order valence-corrected chi connectivity index (χ4v) is 5.16. The van der Waals surface area contributed by atoms with E-state index in [-0.39, 0.29) is 34.8 Å². The molecule has 8 nitrogen and oxygen atoms in total. The molecular formula is C20H27N3O5S. The van der Waals surface area contributed by atoms with Gasteiger partial charge >= 0.3 is 6.09 Å². The number of nitro benzene ring substituents is 1. The van der Waals surface area contributed by atoms with Gasteiger partial charge in [-0.1, -0.05) is 11.8 Å². The van der Waals surface area contributed by atoms with Crippen molar-refractivity contribution < 1.29 is 19.2 Å². The minimum atomic E-state index is -0.459. The first kappa shape index (κ1) is 21.6. The van der Waals surface area contributed by atoms with Crippen LogP contribution < -0.4 is 0 Å². The van der Waals surface area contributed by atoms with Crippen LogP contribution in [0.25, 0.3) is 0 Å². The summed E-state index contributed by atoms with van der Waals surface area (Å²) in [7, 11) is 2.11. The Bertz CT molecular complexity index is 749. The van der Waals surface area contributed by atoms with Crippen molar-refractivity contribution in [2.45, 2.75) is 44.1 Å². The van der Waals surface area contributed by atoms with Gasteiger partial charge in [-0.05, 0) is 63.0 Å². The van der Waals surface area contributed by atoms with Gasteiger partial charge in [0.05, 0.1) is 4.92 Å². The second kappa shape index (κ2) is 9.58. The molecule has 2 aliphatic rings. The maximum absolute atomic E-state index is 12.8. The maximum atomic E-state index is 12.8. The number of piperidine rings is 1. The number of carbonyl (C=O) groups excluding carboxylic acids is 2. The number of rotatable bonds is 5. The zero-order valence-corrected chi connectivity index (χ0v) is 17.6. The summed E-state index contributed by atoms with van der Waals surface area (Å²) >= 11 is 1.31. The predicted molar refractivity (Wildman–Crippen MR) is 111 cm³/mol. The van der Waals surface area contributed by atoms with E-state index in [1.165, 1.54) is 23.9 Å². The maximum Gasteiger partial charge on any atom is 0.410 e. The lowest BCUT2D eigenvalue weighted by Gasteiger charge is -2.36. The van der Waals surface area contributed by atoms with Crippen LogP contribution >= 0.6 is 11.8 Å². The van der Waals surface area contributed by atoms with E-state index in [1.54, 1.807) is 24.0 Å². The summed E-state index contributed by atoms with van der Waals surface area (Å²) in [6.07, 6.45) is 2.50. The van der Waals surface area contributed by atoms with E-state index in [1.807, 2.05) is 0 Å². The fourth-order valence-electron chi connectivity index (χ4n) is 4.16. The van der Waals surface area contributed by atoms with Crippen molar-refractivity contribution in [3.8, 4) is 0 Å². The molecular weight excluding hydrogens is 394 g/mol. The first-order valence-electron chi connectivity index (χ1n) is 9.86. The number of carbonyl (C=O) groups is 2. The molecule has 0 aromatic heterocycles. The van der Waals surface area contributed by atoms with Crippen LogP contribution in [0.3, 0.4) is 0 Å². The van der Waals surface area contributed by atoms with Crippen LogP contribution in [0.5, 0.6) is 0 Å². The summed E-state index contributed by atoms with van der Waals surface area (Å²) in [4.78, 5) is 38.8. The van der Waals surface area contributed by atoms with E-state index in [4.69, 9.17) is 4.74 Å². The van der Waals surface area contributed by atoms with Crippen LogP contribution in [0.4, 0.5) is 10.5 Å². The summed E-state index contributed by atoms with van der Waals surface area (Å²) in [5, 5.41) is 10.9. The van der Waals surface area contributed by atoms with E-state index in [0.29, 0.717) is 18.0 Å². The summed E-state index contributed by atoms with van der Waals surface area (Å²) in [5.41, 5.74) is 0.708. The quantitative estimate of drug-likeness (QED) is 0.532. The lowest BCUT2D eigenvalue weighted by molar-refractivity contribution is -0.384. The van der Waals surface area contributed by atoms with Gasteiger partial charge in [0, 0.05) is 36.9 Å². The average Bonchev–Trinajstić information content (AvgIpc) is 3.10. The third kappa shape index (κ3) is 5.70. The molecule has 0 unspecified atom stereocenters. The van der Waals surface area contributed by atoms with Crippen LogP contribution in [-0.2, 0) is 16.1 Å². The largest absolute Gasteiger partial charge is 0.445 e. The van der Waals surface area contributed by atoms with E-state index >= 15 is 0 Å². The first-order chi connectivity index (χ1) is 13.8. The van der Waals surface area contributed by atoms with Crippen LogP contribution in [0.15, 0.2) is 24.3 Å². The molecule has 2 heterocycles. The van der Waals surface area contributed by atoms with Gasteiger partial charge in [0.1, 0.15) is 6.61 Å². The molecule has 0 aliphatic carbocycles. The molecule has 2 aliphatic heterocycles. The molecule has 1 aromatic carbocycles. The van der Waals surface area contributed by atoms with Crippen LogP contribution in [0, 0.1) is 16.0 Å². The minimum Gasteiger partial charge on any atom is -0.445 e. The molecule has 0 saturated carbocycles. The van der Waals surface area contributed by atoms with Crippen molar-refractivity contribution in [2.24, 2.45) is 5.92 Å². The highest BCUT2D eigenvalue weighted by Crippen LogP contribution is 2.36. The molecule has 9 heteroatoms. The molecule has 0 radical (unpaired) electrons. The van der Waals surface area contributed by atoms with Gasteiger partial charge in [0.25, 0.3) is 5.69 Å². The molecule has 0 spiro atoms. The molecule has 2 atom stereocenters. The summed E-state index contributed by atoms with van der Waals surface area (Å²) in [5.74, 6) is 0.413. The van der Waals surface area contributed by atoms with Gasteiger partial charge < -0.3 is 14.5 Å². The zero-order chi connectivity index (χ0) is 21.0. The van der Waals surface area contributed by atoms with Crippen molar-refractivity contribution in [1.82, 2.24) is 9.80 Å². The third-order valence-corrected chi connectivity index (χ3v) is 6.70. The predicted octanol–water partition coefficient (Wildman–Crippen LogP) is 3.30. The summed E-state index contributed by atoms with van der Waals surface area (Å²) < 4.78 is 5.52. The normalized spacial score (nSPS) is 23.2. The Labute approximate surface area is 174 Å². The van der Waals surface area contributed by atoms with Crippen LogP contribution in [-0.4, -0.2) is 63.9 Å². The molecule has 3 rings (SSSR count). The standard InChI is InChI=1S/C20H27N3O5S/c1-14(24)29-18-11-19(16-7-9-21(2)10-8-16)22(12-18)20(25)28-13-15-3-5-17(6-4-15)23(26)27/h3-6,16,18-19H,7-13H2,1-2H3/t18-,19-/m0/s1. The first-order valence-corrected chi connectivity index (χ1v) is 10.7. The number of nitrogens with zero attached hydrogens (tertiary/aromatic N) is 3. The van der Waals surface area contributed by atoms with Gasteiger partial charge in [0.2, 0.25) is 0 Å². The highest BCUT2D eigenvalue weighted by atomic mass is 32.2. The average molecular weight is 422 g/mol. The van der Waals surface area contributed by atoms with E-state index in [9.17, 15) is 19.7 Å². The van der Waals surface area contributed by atoms with Crippen molar-refractivity contribution in [2.75, 3.05) is 26.7 Å². The Balaban J connectivity index is 1.63. The van der Waals surface area contributed by atoms with Crippen molar-refractivity contribution in [3.63, 3.8) is 0 Å². The SMILES string of the molecule is CC(=O)S[C@H]1C[C@@H](C2CCN(C)CC2)N(C(=O)OCc2ccc([N+](=O)[O-])cc2)C1. The number of hydrogen-bond acceptors (Lipinski definition) is 7. The Morgan fingerprint density at radius 3 is 2.48 bits per heavy atom. The highest BCUT2D eigenvalue weighted by molar-refractivity contribution is 8.14.